The molecule has 6 nitrogen and oxygen atoms in total. The average Bonchev–Trinajstić information content (AvgIpc) is 2.80. The van der Waals surface area contributed by atoms with Crippen molar-refractivity contribution < 1.29 is 17.9 Å². The quantitative estimate of drug-likeness (QED) is 0.499. The first-order chi connectivity index (χ1) is 15.4. The molecule has 2 aromatic rings. The fraction of sp³-hybridized carbons (Fsp3) is 0.435. The van der Waals surface area contributed by atoms with Crippen LogP contribution >= 0.6 is 23.2 Å². The SMILES string of the molecule is O=C(NCCCOCCc1ccccc1)C1CCN(S(=O)(=O)c2cc(Cl)ccc2Cl)CC1. The van der Waals surface area contributed by atoms with Crippen molar-refractivity contribution in [3.63, 3.8) is 0 Å². The zero-order valence-corrected chi connectivity index (χ0v) is 20.1. The van der Waals surface area contributed by atoms with Gasteiger partial charge in [0.05, 0.1) is 11.6 Å². The number of amides is 1. The fourth-order valence-electron chi connectivity index (χ4n) is 3.64. The van der Waals surface area contributed by atoms with E-state index in [4.69, 9.17) is 27.9 Å². The number of sulfonamides is 1. The Bertz CT molecular complexity index is 994. The Morgan fingerprint density at radius 2 is 1.78 bits per heavy atom. The van der Waals surface area contributed by atoms with E-state index in [2.05, 4.69) is 17.4 Å². The third-order valence-electron chi connectivity index (χ3n) is 5.48. The van der Waals surface area contributed by atoms with Gasteiger partial charge in [-0.15, -0.1) is 0 Å². The van der Waals surface area contributed by atoms with Gasteiger partial charge in [0.25, 0.3) is 0 Å². The molecule has 9 heteroatoms. The Morgan fingerprint density at radius 3 is 2.50 bits per heavy atom. The third-order valence-corrected chi connectivity index (χ3v) is 8.09. The highest BCUT2D eigenvalue weighted by molar-refractivity contribution is 7.89. The highest BCUT2D eigenvalue weighted by Gasteiger charge is 2.33. The van der Waals surface area contributed by atoms with Gasteiger partial charge in [0.2, 0.25) is 15.9 Å². The minimum atomic E-state index is -3.75. The first-order valence-electron chi connectivity index (χ1n) is 10.7. The molecule has 0 unspecified atom stereocenters. The predicted molar refractivity (Wildman–Crippen MR) is 127 cm³/mol. The lowest BCUT2D eigenvalue weighted by molar-refractivity contribution is -0.126. The van der Waals surface area contributed by atoms with Gasteiger partial charge in [-0.25, -0.2) is 8.42 Å². The van der Waals surface area contributed by atoms with E-state index < -0.39 is 10.0 Å². The number of nitrogens with zero attached hydrogens (tertiary/aromatic N) is 1. The van der Waals surface area contributed by atoms with Crippen molar-refractivity contribution in [1.29, 1.82) is 0 Å². The second kappa shape index (κ2) is 12.0. The number of nitrogens with one attached hydrogen (secondary N) is 1. The highest BCUT2D eigenvalue weighted by Crippen LogP contribution is 2.30. The number of hydrogen-bond acceptors (Lipinski definition) is 4. The van der Waals surface area contributed by atoms with Gasteiger partial charge >= 0.3 is 0 Å². The van der Waals surface area contributed by atoms with Crippen molar-refractivity contribution >= 4 is 39.1 Å². The Kier molecular flexibility index (Phi) is 9.37. The number of carbonyl (C=O) groups is 1. The summed E-state index contributed by atoms with van der Waals surface area (Å²) in [6, 6.07) is 14.5. The van der Waals surface area contributed by atoms with Crippen LogP contribution in [0, 0.1) is 5.92 Å². The molecule has 1 N–H and O–H groups in total. The average molecular weight is 499 g/mol. The summed E-state index contributed by atoms with van der Waals surface area (Å²) in [4.78, 5) is 12.4. The minimum absolute atomic E-state index is 0.00170. The number of benzene rings is 2. The van der Waals surface area contributed by atoms with Crippen LogP contribution in [0.2, 0.25) is 10.0 Å². The Hall–Kier alpha value is -1.64. The molecule has 1 aliphatic rings. The molecule has 1 aliphatic heterocycles. The van der Waals surface area contributed by atoms with Crippen molar-refractivity contribution in [3.05, 3.63) is 64.1 Å². The van der Waals surface area contributed by atoms with Gasteiger partial charge in [0, 0.05) is 37.2 Å². The van der Waals surface area contributed by atoms with E-state index in [0.717, 1.165) is 12.8 Å². The first kappa shape index (κ1) is 25.0. The Labute approximate surface area is 199 Å². The van der Waals surface area contributed by atoms with Crippen LogP contribution in [0.25, 0.3) is 0 Å². The number of piperidine rings is 1. The van der Waals surface area contributed by atoms with Crippen molar-refractivity contribution in [2.45, 2.75) is 30.6 Å². The molecule has 0 spiro atoms. The van der Waals surface area contributed by atoms with Crippen molar-refractivity contribution in [1.82, 2.24) is 9.62 Å². The molecule has 0 saturated carbocycles. The molecule has 1 saturated heterocycles. The van der Waals surface area contributed by atoms with E-state index in [-0.39, 0.29) is 34.8 Å². The molecule has 3 rings (SSSR count). The van der Waals surface area contributed by atoms with Gasteiger partial charge < -0.3 is 10.1 Å². The maximum absolute atomic E-state index is 12.9. The summed E-state index contributed by atoms with van der Waals surface area (Å²) in [7, 11) is -3.75. The van der Waals surface area contributed by atoms with Crippen LogP contribution < -0.4 is 5.32 Å². The van der Waals surface area contributed by atoms with Crippen molar-refractivity contribution in [3.8, 4) is 0 Å². The van der Waals surface area contributed by atoms with E-state index >= 15 is 0 Å². The maximum atomic E-state index is 12.9. The lowest BCUT2D eigenvalue weighted by Crippen LogP contribution is -2.43. The van der Waals surface area contributed by atoms with E-state index in [1.807, 2.05) is 18.2 Å². The molecule has 1 fully saturated rings. The van der Waals surface area contributed by atoms with Gasteiger partial charge in [-0.3, -0.25) is 4.79 Å². The third kappa shape index (κ3) is 6.93. The van der Waals surface area contributed by atoms with Gasteiger partial charge in [-0.05, 0) is 49.4 Å². The summed E-state index contributed by atoms with van der Waals surface area (Å²) in [5.74, 6) is -0.234. The minimum Gasteiger partial charge on any atom is -0.381 e. The highest BCUT2D eigenvalue weighted by atomic mass is 35.5. The fourth-order valence-corrected chi connectivity index (χ4v) is 5.85. The molecule has 1 heterocycles. The van der Waals surface area contributed by atoms with E-state index in [1.165, 1.54) is 22.0 Å². The normalized spacial score (nSPS) is 15.6. The van der Waals surface area contributed by atoms with Gasteiger partial charge in [-0.2, -0.15) is 4.31 Å². The van der Waals surface area contributed by atoms with Crippen LogP contribution in [0.1, 0.15) is 24.8 Å². The van der Waals surface area contributed by atoms with E-state index in [1.54, 1.807) is 6.07 Å². The molecule has 0 radical (unpaired) electrons. The van der Waals surface area contributed by atoms with Crippen LogP contribution in [0.5, 0.6) is 0 Å². The zero-order chi connectivity index (χ0) is 23.0. The smallest absolute Gasteiger partial charge is 0.244 e. The molecule has 1 amide bonds. The molecule has 0 aliphatic carbocycles. The van der Waals surface area contributed by atoms with Gasteiger partial charge in [0.15, 0.2) is 0 Å². The van der Waals surface area contributed by atoms with Crippen molar-refractivity contribution in [2.75, 3.05) is 32.8 Å². The van der Waals surface area contributed by atoms with Gasteiger partial charge in [0.1, 0.15) is 4.90 Å². The van der Waals surface area contributed by atoms with Crippen LogP contribution in [0.4, 0.5) is 0 Å². The molecule has 0 atom stereocenters. The molecule has 2 aromatic carbocycles. The number of halogens is 2. The molecule has 0 bridgehead atoms. The largest absolute Gasteiger partial charge is 0.381 e. The predicted octanol–water partition coefficient (Wildman–Crippen LogP) is 4.16. The maximum Gasteiger partial charge on any atom is 0.244 e. The van der Waals surface area contributed by atoms with E-state index in [0.29, 0.717) is 37.6 Å². The van der Waals surface area contributed by atoms with Crippen LogP contribution in [0.15, 0.2) is 53.4 Å². The molecular weight excluding hydrogens is 471 g/mol. The molecular formula is C23H28Cl2N2O4S. The summed E-state index contributed by atoms with van der Waals surface area (Å²) >= 11 is 12.0. The molecule has 32 heavy (non-hydrogen) atoms. The number of ether oxygens (including phenoxy) is 1. The second-order valence-corrected chi connectivity index (χ2v) is 10.5. The summed E-state index contributed by atoms with van der Waals surface area (Å²) in [5.41, 5.74) is 1.24. The lowest BCUT2D eigenvalue weighted by Gasteiger charge is -2.30. The van der Waals surface area contributed by atoms with Gasteiger partial charge in [-0.1, -0.05) is 53.5 Å². The number of hydrogen-bond donors (Lipinski definition) is 1. The monoisotopic (exact) mass is 498 g/mol. The van der Waals surface area contributed by atoms with Crippen LogP contribution in [0.3, 0.4) is 0 Å². The molecule has 0 aromatic heterocycles. The summed E-state index contributed by atoms with van der Waals surface area (Å²) < 4.78 is 32.8. The number of carbonyl (C=O) groups excluding carboxylic acids is 1. The topological polar surface area (TPSA) is 75.7 Å². The van der Waals surface area contributed by atoms with Crippen LogP contribution in [-0.4, -0.2) is 51.5 Å². The van der Waals surface area contributed by atoms with Crippen LogP contribution in [-0.2, 0) is 26.0 Å². The standard InChI is InChI=1S/C23H28Cl2N2O4S/c24-20-7-8-21(25)22(17-20)32(29,30)27-13-9-19(10-14-27)23(28)26-12-4-15-31-16-11-18-5-2-1-3-6-18/h1-3,5-8,17,19H,4,9-16H2,(H,26,28). The van der Waals surface area contributed by atoms with Crippen molar-refractivity contribution in [2.24, 2.45) is 5.92 Å². The Balaban J connectivity index is 1.35. The second-order valence-electron chi connectivity index (χ2n) is 7.75. The van der Waals surface area contributed by atoms with E-state index in [9.17, 15) is 13.2 Å². The first-order valence-corrected chi connectivity index (χ1v) is 12.9. The zero-order valence-electron chi connectivity index (χ0n) is 17.8. The lowest BCUT2D eigenvalue weighted by atomic mass is 9.97. The summed E-state index contributed by atoms with van der Waals surface area (Å²) in [5, 5.41) is 3.39. The Morgan fingerprint density at radius 1 is 1.06 bits per heavy atom. The summed E-state index contributed by atoms with van der Waals surface area (Å²) in [6.07, 6.45) is 2.55. The number of rotatable bonds is 10. The molecule has 174 valence electrons. The summed E-state index contributed by atoms with van der Waals surface area (Å²) in [6.45, 7) is 2.32.